The van der Waals surface area contributed by atoms with Crippen molar-refractivity contribution in [2.24, 2.45) is 4.99 Å². The second-order valence-electron chi connectivity index (χ2n) is 6.46. The molecule has 0 spiro atoms. The molecule has 2 heterocycles. The molecule has 146 valence electrons. The van der Waals surface area contributed by atoms with Crippen molar-refractivity contribution < 1.29 is 5.11 Å². The van der Waals surface area contributed by atoms with E-state index in [1.54, 1.807) is 12.1 Å². The van der Waals surface area contributed by atoms with Crippen molar-refractivity contribution in [1.82, 2.24) is 15.6 Å². The Bertz CT molecular complexity index is 717. The summed E-state index contributed by atoms with van der Waals surface area (Å²) >= 11 is 0. The van der Waals surface area contributed by atoms with Gasteiger partial charge in [-0.25, -0.2) is 9.98 Å². The number of hydrogen-bond donors (Lipinski definition) is 3. The molecule has 1 aliphatic heterocycles. The molecule has 0 radical (unpaired) electrons. The number of phenols is 1. The lowest BCUT2D eigenvalue weighted by molar-refractivity contribution is 0.459. The van der Waals surface area contributed by atoms with Crippen LogP contribution in [-0.4, -0.2) is 41.7 Å². The molecular formula is C20H28IN5O. The SMILES string of the molecule is CCNC(=NCc1cccc(O)c1)NC1CCN(c2ccccn2)CC1.I. The number of benzene rings is 1. The summed E-state index contributed by atoms with van der Waals surface area (Å²) in [6.45, 7) is 5.39. The first-order chi connectivity index (χ1) is 12.7. The highest BCUT2D eigenvalue weighted by Crippen LogP contribution is 2.17. The Hall–Kier alpha value is -2.03. The first kappa shape index (κ1) is 21.3. The normalized spacial score (nSPS) is 15.1. The molecule has 3 N–H and O–H groups in total. The second-order valence-corrected chi connectivity index (χ2v) is 6.46. The molecule has 1 saturated heterocycles. The lowest BCUT2D eigenvalue weighted by Gasteiger charge is -2.33. The second kappa shape index (κ2) is 11.0. The van der Waals surface area contributed by atoms with Crippen LogP contribution in [0.25, 0.3) is 0 Å². The van der Waals surface area contributed by atoms with E-state index in [4.69, 9.17) is 0 Å². The maximum atomic E-state index is 9.57. The fourth-order valence-corrected chi connectivity index (χ4v) is 3.13. The number of nitrogens with one attached hydrogen (secondary N) is 2. The van der Waals surface area contributed by atoms with Gasteiger partial charge in [-0.1, -0.05) is 18.2 Å². The minimum Gasteiger partial charge on any atom is -0.508 e. The van der Waals surface area contributed by atoms with Crippen molar-refractivity contribution in [3.05, 3.63) is 54.2 Å². The van der Waals surface area contributed by atoms with E-state index in [9.17, 15) is 5.11 Å². The molecule has 2 aromatic rings. The standard InChI is InChI=1S/C20H27N5O.HI/c1-2-21-20(23-15-16-6-5-7-18(26)14-16)24-17-9-12-25(13-10-17)19-8-3-4-11-22-19;/h3-8,11,14,17,26H,2,9-10,12-13,15H2,1H3,(H2,21,23,24);1H. The van der Waals surface area contributed by atoms with Crippen LogP contribution >= 0.6 is 24.0 Å². The number of hydrogen-bond acceptors (Lipinski definition) is 4. The number of nitrogens with zero attached hydrogens (tertiary/aromatic N) is 3. The van der Waals surface area contributed by atoms with Crippen molar-refractivity contribution in [1.29, 1.82) is 0 Å². The summed E-state index contributed by atoms with van der Waals surface area (Å²) in [6, 6.07) is 13.7. The largest absolute Gasteiger partial charge is 0.508 e. The molecular weight excluding hydrogens is 453 g/mol. The molecule has 7 heteroatoms. The van der Waals surface area contributed by atoms with Crippen molar-refractivity contribution in [2.75, 3.05) is 24.5 Å². The van der Waals surface area contributed by atoms with Gasteiger partial charge in [0, 0.05) is 31.9 Å². The Balaban J connectivity index is 0.00000261. The number of halogens is 1. The maximum Gasteiger partial charge on any atom is 0.191 e. The zero-order valence-electron chi connectivity index (χ0n) is 15.6. The summed E-state index contributed by atoms with van der Waals surface area (Å²) in [5.41, 5.74) is 0.993. The highest BCUT2D eigenvalue weighted by Gasteiger charge is 2.20. The van der Waals surface area contributed by atoms with Gasteiger partial charge >= 0.3 is 0 Å². The number of aromatic hydroxyl groups is 1. The van der Waals surface area contributed by atoms with Gasteiger partial charge in [-0.3, -0.25) is 0 Å². The highest BCUT2D eigenvalue weighted by molar-refractivity contribution is 14.0. The van der Waals surface area contributed by atoms with E-state index in [0.717, 1.165) is 49.8 Å². The fourth-order valence-electron chi connectivity index (χ4n) is 3.13. The van der Waals surface area contributed by atoms with Crippen LogP contribution in [0.1, 0.15) is 25.3 Å². The molecule has 1 aliphatic rings. The molecule has 0 atom stereocenters. The number of piperidine rings is 1. The third-order valence-corrected chi connectivity index (χ3v) is 4.48. The van der Waals surface area contributed by atoms with E-state index >= 15 is 0 Å². The average Bonchev–Trinajstić information content (AvgIpc) is 2.68. The molecule has 0 bridgehead atoms. The summed E-state index contributed by atoms with van der Waals surface area (Å²) in [6.07, 6.45) is 3.94. The van der Waals surface area contributed by atoms with E-state index in [-0.39, 0.29) is 29.7 Å². The number of phenolic OH excluding ortho intramolecular Hbond substituents is 1. The van der Waals surface area contributed by atoms with E-state index in [1.807, 2.05) is 30.5 Å². The average molecular weight is 481 g/mol. The smallest absolute Gasteiger partial charge is 0.191 e. The van der Waals surface area contributed by atoms with E-state index < -0.39 is 0 Å². The van der Waals surface area contributed by atoms with Crippen LogP contribution in [0.4, 0.5) is 5.82 Å². The van der Waals surface area contributed by atoms with Crippen molar-refractivity contribution >= 4 is 35.8 Å². The lowest BCUT2D eigenvalue weighted by atomic mass is 10.1. The summed E-state index contributed by atoms with van der Waals surface area (Å²) in [4.78, 5) is 11.4. The van der Waals surface area contributed by atoms with Crippen LogP contribution in [0.3, 0.4) is 0 Å². The quantitative estimate of drug-likeness (QED) is 0.348. The minimum absolute atomic E-state index is 0. The number of aromatic nitrogens is 1. The summed E-state index contributed by atoms with van der Waals surface area (Å²) in [5, 5.41) is 16.4. The van der Waals surface area contributed by atoms with Crippen LogP contribution in [-0.2, 0) is 6.54 Å². The van der Waals surface area contributed by atoms with Crippen LogP contribution in [0.5, 0.6) is 5.75 Å². The van der Waals surface area contributed by atoms with Crippen LogP contribution in [0, 0.1) is 0 Å². The maximum absolute atomic E-state index is 9.57. The Kier molecular flexibility index (Phi) is 8.63. The molecule has 1 aromatic heterocycles. The van der Waals surface area contributed by atoms with Gasteiger partial charge < -0.3 is 20.6 Å². The minimum atomic E-state index is 0. The van der Waals surface area contributed by atoms with Gasteiger partial charge in [0.25, 0.3) is 0 Å². The van der Waals surface area contributed by atoms with Crippen LogP contribution in [0.2, 0.25) is 0 Å². The van der Waals surface area contributed by atoms with Crippen LogP contribution in [0.15, 0.2) is 53.7 Å². The molecule has 27 heavy (non-hydrogen) atoms. The van der Waals surface area contributed by atoms with E-state index in [0.29, 0.717) is 12.6 Å². The van der Waals surface area contributed by atoms with Crippen molar-refractivity contribution in [2.45, 2.75) is 32.4 Å². The zero-order valence-corrected chi connectivity index (χ0v) is 18.0. The molecule has 0 unspecified atom stereocenters. The van der Waals surface area contributed by atoms with Crippen molar-refractivity contribution in [3.63, 3.8) is 0 Å². The number of anilines is 1. The van der Waals surface area contributed by atoms with Gasteiger partial charge in [0.2, 0.25) is 0 Å². The molecule has 3 rings (SSSR count). The monoisotopic (exact) mass is 481 g/mol. The molecule has 1 aromatic carbocycles. The zero-order chi connectivity index (χ0) is 18.2. The summed E-state index contributed by atoms with van der Waals surface area (Å²) < 4.78 is 0. The predicted molar refractivity (Wildman–Crippen MR) is 121 cm³/mol. The summed E-state index contributed by atoms with van der Waals surface area (Å²) in [5.74, 6) is 2.15. The Labute approximate surface area is 178 Å². The third-order valence-electron chi connectivity index (χ3n) is 4.48. The van der Waals surface area contributed by atoms with E-state index in [2.05, 4.69) is 38.5 Å². The van der Waals surface area contributed by atoms with Gasteiger partial charge in [-0.15, -0.1) is 24.0 Å². The molecule has 0 amide bonds. The van der Waals surface area contributed by atoms with Crippen LogP contribution < -0.4 is 15.5 Å². The van der Waals surface area contributed by atoms with Gasteiger partial charge in [-0.05, 0) is 49.6 Å². The van der Waals surface area contributed by atoms with Gasteiger partial charge in [0.15, 0.2) is 5.96 Å². The fraction of sp³-hybridized carbons (Fsp3) is 0.400. The molecule has 1 fully saturated rings. The Morgan fingerprint density at radius 3 is 2.70 bits per heavy atom. The predicted octanol–water partition coefficient (Wildman–Crippen LogP) is 3.13. The number of guanidine groups is 1. The summed E-state index contributed by atoms with van der Waals surface area (Å²) in [7, 11) is 0. The van der Waals surface area contributed by atoms with Gasteiger partial charge in [-0.2, -0.15) is 0 Å². The van der Waals surface area contributed by atoms with E-state index in [1.165, 1.54) is 0 Å². The number of rotatable bonds is 5. The first-order valence-corrected chi connectivity index (χ1v) is 9.23. The van der Waals surface area contributed by atoms with Crippen molar-refractivity contribution in [3.8, 4) is 5.75 Å². The molecule has 0 aliphatic carbocycles. The number of aliphatic imine (C=N–C) groups is 1. The van der Waals surface area contributed by atoms with Gasteiger partial charge in [0.05, 0.1) is 6.54 Å². The Morgan fingerprint density at radius 2 is 2.04 bits per heavy atom. The molecule has 6 nitrogen and oxygen atoms in total. The molecule has 0 saturated carbocycles. The van der Waals surface area contributed by atoms with Gasteiger partial charge in [0.1, 0.15) is 11.6 Å². The Morgan fingerprint density at radius 1 is 1.22 bits per heavy atom. The third kappa shape index (κ3) is 6.57. The topological polar surface area (TPSA) is 72.8 Å². The highest BCUT2D eigenvalue weighted by atomic mass is 127. The lowest BCUT2D eigenvalue weighted by Crippen LogP contribution is -2.48. The number of pyridine rings is 1. The first-order valence-electron chi connectivity index (χ1n) is 9.23.